The average molecular weight is 612 g/mol. The second kappa shape index (κ2) is 10.4. The SMILES string of the molecule is C[C@H](Oc1cc(-n2cc3c(n2)CN(C)C3)nc(-c2noc3c2CCC[C@@]32CCCc3sc(N)c(C#N)c32)n1)[C@@H]1CCCN1C. The number of thiophene rings is 1. The van der Waals surface area contributed by atoms with Crippen LogP contribution in [0.3, 0.4) is 0 Å². The van der Waals surface area contributed by atoms with Crippen molar-refractivity contribution in [2.75, 3.05) is 26.4 Å². The van der Waals surface area contributed by atoms with E-state index in [0.717, 1.165) is 87.2 Å². The number of aryl methyl sites for hydroxylation is 1. The van der Waals surface area contributed by atoms with Crippen molar-refractivity contribution < 1.29 is 9.26 Å². The van der Waals surface area contributed by atoms with E-state index >= 15 is 0 Å². The Morgan fingerprint density at radius 3 is 2.80 bits per heavy atom. The van der Waals surface area contributed by atoms with Gasteiger partial charge in [0, 0.05) is 47.4 Å². The Morgan fingerprint density at radius 2 is 2.02 bits per heavy atom. The molecule has 4 aromatic heterocycles. The van der Waals surface area contributed by atoms with Crippen LogP contribution >= 0.6 is 11.3 Å². The summed E-state index contributed by atoms with van der Waals surface area (Å²) in [4.78, 5) is 15.8. The molecule has 4 aromatic rings. The number of hydrogen-bond acceptors (Lipinski definition) is 11. The highest BCUT2D eigenvalue weighted by Crippen LogP contribution is 2.55. The molecular weight excluding hydrogens is 574 g/mol. The first-order valence-electron chi connectivity index (χ1n) is 15.7. The lowest BCUT2D eigenvalue weighted by molar-refractivity contribution is 0.117. The third-order valence-electron chi connectivity index (χ3n) is 10.2. The van der Waals surface area contributed by atoms with Crippen molar-refractivity contribution in [3.8, 4) is 29.3 Å². The molecule has 8 rings (SSSR count). The maximum absolute atomic E-state index is 10.1. The average Bonchev–Trinajstić information content (AvgIpc) is 3.81. The molecule has 6 heterocycles. The number of ether oxygens (including phenoxy) is 1. The van der Waals surface area contributed by atoms with Crippen LogP contribution in [0.15, 0.2) is 16.8 Å². The minimum Gasteiger partial charge on any atom is -0.473 e. The van der Waals surface area contributed by atoms with Crippen LogP contribution in [0, 0.1) is 11.3 Å². The third-order valence-corrected chi connectivity index (χ3v) is 11.2. The van der Waals surface area contributed by atoms with Crippen molar-refractivity contribution in [2.24, 2.45) is 0 Å². The molecule has 2 N–H and O–H groups in total. The standard InChI is InChI=1S/C32H37N9O2S/c1-18(23-8-6-12-40(23)3)42-26-13-25(41-16-19-15-39(2)17-22(19)37-41)35-31(36-26)28-20-7-4-10-32(29(20)43-38-28)11-5-9-24-27(32)21(14-33)30(34)44-24/h13,16,18,23H,4-12,15,17,34H2,1-3H3/t18-,23-,32-/m0/s1. The van der Waals surface area contributed by atoms with Gasteiger partial charge in [0.05, 0.1) is 16.7 Å². The summed E-state index contributed by atoms with van der Waals surface area (Å²) in [7, 11) is 4.26. The summed E-state index contributed by atoms with van der Waals surface area (Å²) >= 11 is 1.55. The summed E-state index contributed by atoms with van der Waals surface area (Å²) in [5, 5.41) is 20.2. The zero-order valence-electron chi connectivity index (χ0n) is 25.5. The summed E-state index contributed by atoms with van der Waals surface area (Å²) in [5.41, 5.74) is 11.5. The van der Waals surface area contributed by atoms with Gasteiger partial charge in [-0.05, 0) is 84.5 Å². The van der Waals surface area contributed by atoms with E-state index in [-0.39, 0.29) is 6.10 Å². The highest BCUT2D eigenvalue weighted by atomic mass is 32.1. The number of likely N-dealkylation sites (N-methyl/N-ethyl adjacent to an activating group) is 1. The van der Waals surface area contributed by atoms with Gasteiger partial charge in [-0.3, -0.25) is 9.80 Å². The minimum atomic E-state index is -0.404. The Bertz CT molecular complexity index is 1770. The fraction of sp³-hybridized carbons (Fsp3) is 0.531. The molecule has 0 amide bonds. The van der Waals surface area contributed by atoms with Gasteiger partial charge in [-0.2, -0.15) is 15.3 Å². The minimum absolute atomic E-state index is 0.0435. The molecule has 0 saturated carbocycles. The van der Waals surface area contributed by atoms with Gasteiger partial charge in [-0.1, -0.05) is 5.16 Å². The molecule has 2 aliphatic carbocycles. The van der Waals surface area contributed by atoms with E-state index in [9.17, 15) is 5.26 Å². The Morgan fingerprint density at radius 1 is 1.18 bits per heavy atom. The molecule has 4 aliphatic rings. The van der Waals surface area contributed by atoms with Crippen LogP contribution in [0.25, 0.3) is 17.3 Å². The number of nitrogens with two attached hydrogens (primary N) is 1. The van der Waals surface area contributed by atoms with Crippen molar-refractivity contribution in [1.82, 2.24) is 34.7 Å². The maximum atomic E-state index is 10.1. The molecule has 1 fully saturated rings. The third kappa shape index (κ3) is 4.28. The first-order chi connectivity index (χ1) is 21.3. The fourth-order valence-corrected chi connectivity index (χ4v) is 9.30. The van der Waals surface area contributed by atoms with E-state index in [1.54, 1.807) is 11.3 Å². The van der Waals surface area contributed by atoms with E-state index < -0.39 is 5.41 Å². The van der Waals surface area contributed by atoms with Crippen LogP contribution in [0.5, 0.6) is 5.88 Å². The summed E-state index contributed by atoms with van der Waals surface area (Å²) in [6.07, 6.45) is 9.81. The predicted octanol–water partition coefficient (Wildman–Crippen LogP) is 4.60. The highest BCUT2D eigenvalue weighted by molar-refractivity contribution is 7.16. The van der Waals surface area contributed by atoms with Crippen molar-refractivity contribution in [1.29, 1.82) is 5.26 Å². The number of nitriles is 1. The number of rotatable bonds is 5. The summed E-state index contributed by atoms with van der Waals surface area (Å²) in [6, 6.07) is 4.62. The van der Waals surface area contributed by atoms with Crippen LogP contribution in [0.4, 0.5) is 5.00 Å². The molecule has 12 heteroatoms. The van der Waals surface area contributed by atoms with Crippen molar-refractivity contribution in [3.63, 3.8) is 0 Å². The van der Waals surface area contributed by atoms with Gasteiger partial charge in [0.1, 0.15) is 17.2 Å². The Hall–Kier alpha value is -3.79. The number of likely N-dealkylation sites (tertiary alicyclic amines) is 1. The van der Waals surface area contributed by atoms with E-state index in [1.807, 2.05) is 10.7 Å². The van der Waals surface area contributed by atoms with Gasteiger partial charge in [0.25, 0.3) is 0 Å². The molecule has 0 radical (unpaired) electrons. The van der Waals surface area contributed by atoms with Crippen LogP contribution < -0.4 is 10.5 Å². The second-order valence-corrected chi connectivity index (χ2v) is 14.1. The lowest BCUT2D eigenvalue weighted by Gasteiger charge is -2.39. The smallest absolute Gasteiger partial charge is 0.219 e. The Balaban J connectivity index is 1.23. The van der Waals surface area contributed by atoms with Gasteiger partial charge in [0.2, 0.25) is 5.88 Å². The molecule has 228 valence electrons. The first-order valence-corrected chi connectivity index (χ1v) is 16.5. The highest BCUT2D eigenvalue weighted by Gasteiger charge is 2.49. The molecule has 0 bridgehead atoms. The molecule has 1 saturated heterocycles. The molecular formula is C32H37N9O2S. The van der Waals surface area contributed by atoms with Crippen molar-refractivity contribution in [3.05, 3.63) is 50.8 Å². The topological polar surface area (TPSA) is 135 Å². The number of anilines is 1. The van der Waals surface area contributed by atoms with Gasteiger partial charge >= 0.3 is 0 Å². The number of fused-ring (bicyclic) bond motifs is 5. The summed E-state index contributed by atoms with van der Waals surface area (Å²) in [6.45, 7) is 4.87. The zero-order chi connectivity index (χ0) is 30.2. The number of hydrogen-bond donors (Lipinski definition) is 1. The molecule has 1 spiro atoms. The second-order valence-electron chi connectivity index (χ2n) is 13.0. The largest absolute Gasteiger partial charge is 0.473 e. The van der Waals surface area contributed by atoms with Gasteiger partial charge in [-0.15, -0.1) is 11.3 Å². The van der Waals surface area contributed by atoms with Crippen molar-refractivity contribution >= 4 is 16.3 Å². The molecule has 3 atom stereocenters. The maximum Gasteiger partial charge on any atom is 0.219 e. The van der Waals surface area contributed by atoms with Crippen LogP contribution in [0.1, 0.15) is 84.0 Å². The molecule has 0 unspecified atom stereocenters. The van der Waals surface area contributed by atoms with Crippen LogP contribution in [-0.2, 0) is 31.3 Å². The van der Waals surface area contributed by atoms with E-state index in [4.69, 9.17) is 30.1 Å². The quantitative estimate of drug-likeness (QED) is 0.341. The van der Waals surface area contributed by atoms with Crippen molar-refractivity contribution in [2.45, 2.75) is 88.9 Å². The molecule has 0 aromatic carbocycles. The lowest BCUT2D eigenvalue weighted by Crippen LogP contribution is -2.38. The van der Waals surface area contributed by atoms with Gasteiger partial charge < -0.3 is 15.0 Å². The normalized spacial score (nSPS) is 23.8. The van der Waals surface area contributed by atoms with E-state index in [0.29, 0.717) is 39.8 Å². The van der Waals surface area contributed by atoms with Crippen LogP contribution in [-0.4, -0.2) is 67.5 Å². The summed E-state index contributed by atoms with van der Waals surface area (Å²) < 4.78 is 14.7. The molecule has 2 aliphatic heterocycles. The monoisotopic (exact) mass is 611 g/mol. The Labute approximate surface area is 260 Å². The Kier molecular flexibility index (Phi) is 6.55. The van der Waals surface area contributed by atoms with E-state index in [2.05, 4.69) is 48.2 Å². The first kappa shape index (κ1) is 27.7. The summed E-state index contributed by atoms with van der Waals surface area (Å²) in [5.74, 6) is 2.46. The number of nitrogens with zero attached hydrogens (tertiary/aromatic N) is 8. The molecule has 44 heavy (non-hydrogen) atoms. The number of nitrogen functional groups attached to an aromatic ring is 1. The predicted molar refractivity (Wildman–Crippen MR) is 166 cm³/mol. The van der Waals surface area contributed by atoms with Crippen LogP contribution in [0.2, 0.25) is 0 Å². The molecule has 11 nitrogen and oxygen atoms in total. The zero-order valence-corrected chi connectivity index (χ0v) is 26.3. The lowest BCUT2D eigenvalue weighted by atomic mass is 9.63. The fourth-order valence-electron chi connectivity index (χ4n) is 8.14. The van der Waals surface area contributed by atoms with E-state index in [1.165, 1.54) is 16.9 Å². The van der Waals surface area contributed by atoms with Gasteiger partial charge in [0.15, 0.2) is 23.1 Å². The van der Waals surface area contributed by atoms with Gasteiger partial charge in [-0.25, -0.2) is 9.67 Å². The number of aromatic nitrogens is 5.